The standard InChI is InChI=1S/C23H20N6O4S/c30-21(11-8-16-6-9-17(10-7-16)28-12-3-13-34(28,32)33)27-19-4-1-2-5-20(19)29-22-18(14-26-29)23(31)25-15-24-22/h1-2,4-11,14-15H,3,12-13H2,(H,27,30)(H,24,25,31)/b11-8+. The molecule has 0 atom stereocenters. The molecule has 2 N–H and O–H groups in total. The molecule has 10 nitrogen and oxygen atoms in total. The molecule has 0 spiro atoms. The number of H-pyrrole nitrogens is 1. The Morgan fingerprint density at radius 1 is 1.12 bits per heavy atom. The minimum atomic E-state index is -3.23. The van der Waals surface area contributed by atoms with Gasteiger partial charge in [-0.2, -0.15) is 5.10 Å². The van der Waals surface area contributed by atoms with Gasteiger partial charge in [-0.05, 0) is 42.3 Å². The van der Waals surface area contributed by atoms with E-state index in [4.69, 9.17) is 0 Å². The van der Waals surface area contributed by atoms with E-state index in [0.717, 1.165) is 5.56 Å². The number of aromatic nitrogens is 4. The van der Waals surface area contributed by atoms with Gasteiger partial charge in [0.05, 0.1) is 35.3 Å². The maximum atomic E-state index is 12.6. The highest BCUT2D eigenvalue weighted by molar-refractivity contribution is 7.93. The minimum Gasteiger partial charge on any atom is -0.321 e. The summed E-state index contributed by atoms with van der Waals surface area (Å²) in [6.45, 7) is 0.481. The first-order valence-electron chi connectivity index (χ1n) is 10.5. The topological polar surface area (TPSA) is 130 Å². The molecule has 11 heteroatoms. The number of amides is 1. The Hall–Kier alpha value is -4.25. The van der Waals surface area contributed by atoms with Crippen molar-refractivity contribution >= 4 is 44.4 Å². The summed E-state index contributed by atoms with van der Waals surface area (Å²) in [6.07, 6.45) is 6.38. The van der Waals surface area contributed by atoms with Crippen molar-refractivity contribution in [2.75, 3.05) is 21.9 Å². The zero-order valence-electron chi connectivity index (χ0n) is 17.9. The van der Waals surface area contributed by atoms with Gasteiger partial charge in [0.25, 0.3) is 5.56 Å². The largest absolute Gasteiger partial charge is 0.321 e. The summed E-state index contributed by atoms with van der Waals surface area (Å²) < 4.78 is 27.0. The van der Waals surface area contributed by atoms with Gasteiger partial charge in [-0.25, -0.2) is 18.1 Å². The molecule has 1 amide bonds. The third-order valence-corrected chi connectivity index (χ3v) is 7.34. The van der Waals surface area contributed by atoms with E-state index in [0.29, 0.717) is 41.1 Å². The number of nitrogens with zero attached hydrogens (tertiary/aromatic N) is 4. The molecule has 0 bridgehead atoms. The fourth-order valence-corrected chi connectivity index (χ4v) is 5.39. The number of fused-ring (bicyclic) bond motifs is 1. The molecule has 2 aromatic heterocycles. The normalized spacial score (nSPS) is 15.2. The zero-order chi connectivity index (χ0) is 23.7. The third kappa shape index (κ3) is 4.08. The number of carbonyl (C=O) groups excluding carboxylic acids is 1. The fraction of sp³-hybridized carbons (Fsp3) is 0.130. The average molecular weight is 477 g/mol. The molecule has 5 rings (SSSR count). The molecular weight excluding hydrogens is 456 g/mol. The van der Waals surface area contributed by atoms with E-state index >= 15 is 0 Å². The van der Waals surface area contributed by atoms with Crippen LogP contribution in [0.4, 0.5) is 11.4 Å². The summed E-state index contributed by atoms with van der Waals surface area (Å²) in [5.41, 5.74) is 2.51. The lowest BCUT2D eigenvalue weighted by atomic mass is 10.2. The molecule has 34 heavy (non-hydrogen) atoms. The highest BCUT2D eigenvalue weighted by Gasteiger charge is 2.28. The Balaban J connectivity index is 1.34. The van der Waals surface area contributed by atoms with Crippen molar-refractivity contribution in [3.8, 4) is 5.69 Å². The van der Waals surface area contributed by atoms with Crippen molar-refractivity contribution in [2.45, 2.75) is 6.42 Å². The Morgan fingerprint density at radius 3 is 2.68 bits per heavy atom. The molecule has 1 aliphatic rings. The van der Waals surface area contributed by atoms with Crippen molar-refractivity contribution in [3.63, 3.8) is 0 Å². The Morgan fingerprint density at radius 2 is 1.91 bits per heavy atom. The minimum absolute atomic E-state index is 0.164. The number of para-hydroxylation sites is 2. The van der Waals surface area contributed by atoms with E-state index < -0.39 is 10.0 Å². The quantitative estimate of drug-likeness (QED) is 0.425. The van der Waals surface area contributed by atoms with Gasteiger partial charge >= 0.3 is 0 Å². The lowest BCUT2D eigenvalue weighted by molar-refractivity contribution is -0.111. The highest BCUT2D eigenvalue weighted by atomic mass is 32.2. The Labute approximate surface area is 194 Å². The number of sulfonamides is 1. The van der Waals surface area contributed by atoms with Crippen LogP contribution in [0.3, 0.4) is 0 Å². The van der Waals surface area contributed by atoms with Gasteiger partial charge in [0.2, 0.25) is 15.9 Å². The van der Waals surface area contributed by atoms with Crippen LogP contribution in [0.25, 0.3) is 22.8 Å². The second-order valence-electron chi connectivity index (χ2n) is 7.70. The molecular formula is C23H20N6O4S. The summed E-state index contributed by atoms with van der Waals surface area (Å²) in [7, 11) is -3.23. The van der Waals surface area contributed by atoms with Gasteiger partial charge in [0, 0.05) is 12.6 Å². The van der Waals surface area contributed by atoms with E-state index in [1.54, 1.807) is 54.6 Å². The number of anilines is 2. The second-order valence-corrected chi connectivity index (χ2v) is 9.71. The number of hydrogen-bond donors (Lipinski definition) is 2. The Bertz CT molecular complexity index is 1570. The van der Waals surface area contributed by atoms with Gasteiger partial charge in [0.1, 0.15) is 5.39 Å². The number of carbonyl (C=O) groups is 1. The first kappa shape index (κ1) is 21.6. The van der Waals surface area contributed by atoms with E-state index in [1.807, 2.05) is 0 Å². The van der Waals surface area contributed by atoms with Crippen molar-refractivity contribution < 1.29 is 13.2 Å². The molecule has 172 valence electrons. The molecule has 0 aliphatic carbocycles. The van der Waals surface area contributed by atoms with Crippen LogP contribution in [0.5, 0.6) is 0 Å². The molecule has 4 aromatic rings. The lowest BCUT2D eigenvalue weighted by Crippen LogP contribution is -2.24. The molecule has 0 unspecified atom stereocenters. The first-order valence-corrected chi connectivity index (χ1v) is 12.1. The summed E-state index contributed by atoms with van der Waals surface area (Å²) in [5, 5.41) is 7.43. The van der Waals surface area contributed by atoms with Gasteiger partial charge in [-0.15, -0.1) is 0 Å². The predicted octanol–water partition coefficient (Wildman–Crippen LogP) is 2.30. The molecule has 3 heterocycles. The van der Waals surface area contributed by atoms with E-state index in [2.05, 4.69) is 20.4 Å². The molecule has 1 aliphatic heterocycles. The van der Waals surface area contributed by atoms with Crippen LogP contribution >= 0.6 is 0 Å². The first-order chi connectivity index (χ1) is 16.4. The lowest BCUT2D eigenvalue weighted by Gasteiger charge is -2.16. The summed E-state index contributed by atoms with van der Waals surface area (Å²) in [5.74, 6) is -0.196. The maximum Gasteiger partial charge on any atom is 0.261 e. The average Bonchev–Trinajstić information content (AvgIpc) is 3.42. The monoisotopic (exact) mass is 476 g/mol. The van der Waals surface area contributed by atoms with E-state index in [1.165, 1.54) is 27.6 Å². The maximum absolute atomic E-state index is 12.6. The van der Waals surface area contributed by atoms with Crippen LogP contribution < -0.4 is 15.2 Å². The smallest absolute Gasteiger partial charge is 0.261 e. The van der Waals surface area contributed by atoms with Gasteiger partial charge in [0.15, 0.2) is 5.65 Å². The van der Waals surface area contributed by atoms with Gasteiger partial charge in [-0.3, -0.25) is 13.9 Å². The molecule has 0 saturated carbocycles. The van der Waals surface area contributed by atoms with E-state index in [-0.39, 0.29) is 17.2 Å². The van der Waals surface area contributed by atoms with Crippen molar-refractivity contribution in [2.24, 2.45) is 0 Å². The van der Waals surface area contributed by atoms with Crippen LogP contribution in [0.1, 0.15) is 12.0 Å². The summed E-state index contributed by atoms with van der Waals surface area (Å²) in [6, 6.07) is 14.1. The fourth-order valence-electron chi connectivity index (χ4n) is 3.82. The number of hydrogen-bond acceptors (Lipinski definition) is 6. The molecule has 0 radical (unpaired) electrons. The third-order valence-electron chi connectivity index (χ3n) is 5.47. The van der Waals surface area contributed by atoms with Crippen molar-refractivity contribution in [3.05, 3.63) is 83.0 Å². The van der Waals surface area contributed by atoms with Crippen molar-refractivity contribution in [1.29, 1.82) is 0 Å². The van der Waals surface area contributed by atoms with Crippen molar-refractivity contribution in [1.82, 2.24) is 19.7 Å². The van der Waals surface area contributed by atoms with Crippen LogP contribution in [0, 0.1) is 0 Å². The van der Waals surface area contributed by atoms with E-state index in [9.17, 15) is 18.0 Å². The number of nitrogens with one attached hydrogen (secondary N) is 2. The molecule has 1 saturated heterocycles. The molecule has 2 aromatic carbocycles. The molecule has 1 fully saturated rings. The Kier molecular flexibility index (Phi) is 5.46. The summed E-state index contributed by atoms with van der Waals surface area (Å²) in [4.78, 5) is 31.3. The SMILES string of the molecule is O=C(/C=C/c1ccc(N2CCCS2(=O)=O)cc1)Nc1ccccc1-n1ncc2c(=O)[nH]cnc21. The number of rotatable bonds is 5. The summed E-state index contributed by atoms with van der Waals surface area (Å²) >= 11 is 0. The van der Waals surface area contributed by atoms with Crippen LogP contribution in [0.15, 0.2) is 71.9 Å². The van der Waals surface area contributed by atoms with Gasteiger partial charge in [-0.1, -0.05) is 24.3 Å². The zero-order valence-corrected chi connectivity index (χ0v) is 18.7. The van der Waals surface area contributed by atoms with Gasteiger partial charge < -0.3 is 10.3 Å². The van der Waals surface area contributed by atoms with Crippen LogP contribution in [0.2, 0.25) is 0 Å². The highest BCUT2D eigenvalue weighted by Crippen LogP contribution is 2.25. The van der Waals surface area contributed by atoms with Crippen LogP contribution in [-0.2, 0) is 14.8 Å². The predicted molar refractivity (Wildman–Crippen MR) is 129 cm³/mol. The number of aromatic amines is 1. The van der Waals surface area contributed by atoms with Crippen LogP contribution in [-0.4, -0.2) is 46.4 Å². The number of benzene rings is 2. The second kappa shape index (κ2) is 8.60.